The van der Waals surface area contributed by atoms with E-state index in [0.29, 0.717) is 37.2 Å². The Kier molecular flexibility index (Phi) is 5.39. The van der Waals surface area contributed by atoms with E-state index in [1.807, 2.05) is 4.90 Å². The van der Waals surface area contributed by atoms with Gasteiger partial charge in [-0.3, -0.25) is 4.79 Å². The predicted octanol–water partition coefficient (Wildman–Crippen LogP) is 1.22. The molecule has 0 bridgehead atoms. The highest BCUT2D eigenvalue weighted by molar-refractivity contribution is 5.93. The minimum absolute atomic E-state index is 0.0625. The molecule has 1 fully saturated rings. The Bertz CT molecular complexity index is 695. The molecule has 8 nitrogen and oxygen atoms in total. The van der Waals surface area contributed by atoms with Crippen molar-refractivity contribution in [3.05, 3.63) is 36.8 Å². The lowest BCUT2D eigenvalue weighted by Crippen LogP contribution is -2.31. The zero-order valence-electron chi connectivity index (χ0n) is 14.3. The average Bonchev–Trinajstić information content (AvgIpc) is 3.07. The van der Waals surface area contributed by atoms with Crippen molar-refractivity contribution in [2.75, 3.05) is 44.1 Å². The Morgan fingerprint density at radius 2 is 2.04 bits per heavy atom. The summed E-state index contributed by atoms with van der Waals surface area (Å²) in [5.74, 6) is 0.923. The average molecular weight is 343 g/mol. The first-order valence-electron chi connectivity index (χ1n) is 8.03. The summed E-state index contributed by atoms with van der Waals surface area (Å²) < 4.78 is 10.3. The van der Waals surface area contributed by atoms with Gasteiger partial charge in [-0.25, -0.2) is 15.0 Å². The molecule has 0 aliphatic carbocycles. The zero-order chi connectivity index (χ0) is 17.6. The van der Waals surface area contributed by atoms with E-state index in [0.717, 1.165) is 0 Å². The van der Waals surface area contributed by atoms with Gasteiger partial charge in [-0.15, -0.1) is 0 Å². The van der Waals surface area contributed by atoms with Crippen LogP contribution in [0.25, 0.3) is 0 Å². The number of ether oxygens (including phenoxy) is 2. The Morgan fingerprint density at radius 3 is 2.68 bits per heavy atom. The van der Waals surface area contributed by atoms with Crippen LogP contribution in [-0.4, -0.2) is 54.8 Å². The number of amides is 1. The molecule has 2 atom stereocenters. The number of methoxy groups -OCH3 is 2. The molecule has 1 N–H and O–H groups in total. The van der Waals surface area contributed by atoms with Crippen LogP contribution in [0.3, 0.4) is 0 Å². The molecule has 1 aliphatic rings. The number of hydrogen-bond donors (Lipinski definition) is 1. The lowest BCUT2D eigenvalue weighted by Gasteiger charge is -2.16. The monoisotopic (exact) mass is 343 g/mol. The highest BCUT2D eigenvalue weighted by Crippen LogP contribution is 2.27. The molecule has 1 amide bonds. The maximum Gasteiger partial charge on any atom is 0.229 e. The van der Waals surface area contributed by atoms with E-state index in [4.69, 9.17) is 9.47 Å². The molecular formula is C17H21N5O3. The number of nitrogens with one attached hydrogen (secondary N) is 1. The highest BCUT2D eigenvalue weighted by Gasteiger charge is 2.38. The topological polar surface area (TPSA) is 89.5 Å². The van der Waals surface area contributed by atoms with Gasteiger partial charge in [0.15, 0.2) is 0 Å². The van der Waals surface area contributed by atoms with Crippen molar-refractivity contribution in [3.63, 3.8) is 0 Å². The van der Waals surface area contributed by atoms with Crippen LogP contribution in [0.5, 0.6) is 5.88 Å². The molecule has 2 aromatic heterocycles. The lowest BCUT2D eigenvalue weighted by atomic mass is 9.96. The molecule has 0 aromatic carbocycles. The largest absolute Gasteiger partial charge is 0.481 e. The molecule has 3 heterocycles. The van der Waals surface area contributed by atoms with Crippen molar-refractivity contribution in [1.82, 2.24) is 15.0 Å². The third-order valence-corrected chi connectivity index (χ3v) is 4.21. The molecular weight excluding hydrogens is 322 g/mol. The summed E-state index contributed by atoms with van der Waals surface area (Å²) in [7, 11) is 3.19. The molecule has 0 spiro atoms. The second-order valence-corrected chi connectivity index (χ2v) is 5.85. The van der Waals surface area contributed by atoms with Gasteiger partial charge >= 0.3 is 0 Å². The number of carbonyl (C=O) groups excluding carboxylic acids is 1. The number of anilines is 2. The minimum atomic E-state index is -0.217. The van der Waals surface area contributed by atoms with Gasteiger partial charge in [0.1, 0.15) is 0 Å². The van der Waals surface area contributed by atoms with Gasteiger partial charge in [-0.1, -0.05) is 0 Å². The molecule has 3 rings (SSSR count). The van der Waals surface area contributed by atoms with E-state index in [-0.39, 0.29) is 17.7 Å². The Labute approximate surface area is 146 Å². The maximum absolute atomic E-state index is 12.7. The molecule has 1 aliphatic heterocycles. The SMILES string of the molecule is COC[C@@H]1CN(c2ncccn2)C[C@H]1C(=O)Nc1ccc(OC)nc1. The zero-order valence-corrected chi connectivity index (χ0v) is 14.3. The summed E-state index contributed by atoms with van der Waals surface area (Å²) in [6.07, 6.45) is 4.98. The van der Waals surface area contributed by atoms with Crippen molar-refractivity contribution in [2.45, 2.75) is 0 Å². The normalized spacial score (nSPS) is 19.7. The van der Waals surface area contributed by atoms with Crippen LogP contribution >= 0.6 is 0 Å². The Hall–Kier alpha value is -2.74. The molecule has 8 heteroatoms. The fourth-order valence-electron chi connectivity index (χ4n) is 2.98. The minimum Gasteiger partial charge on any atom is -0.481 e. The Morgan fingerprint density at radius 1 is 1.24 bits per heavy atom. The third-order valence-electron chi connectivity index (χ3n) is 4.21. The molecule has 1 saturated heterocycles. The van der Waals surface area contributed by atoms with Crippen LogP contribution in [-0.2, 0) is 9.53 Å². The number of pyridine rings is 1. The van der Waals surface area contributed by atoms with Gasteiger partial charge in [-0.2, -0.15) is 0 Å². The van der Waals surface area contributed by atoms with E-state index in [1.54, 1.807) is 51.0 Å². The van der Waals surface area contributed by atoms with E-state index >= 15 is 0 Å². The standard InChI is InChI=1S/C17H21N5O3/c1-24-11-12-9-22(17-18-6-3-7-19-17)10-14(12)16(23)21-13-4-5-15(25-2)20-8-13/h3-8,12,14H,9-11H2,1-2H3,(H,21,23)/t12-,14+/m0/s1. The first kappa shape index (κ1) is 17.1. The molecule has 132 valence electrons. The fraction of sp³-hybridized carbons (Fsp3) is 0.412. The number of carbonyl (C=O) groups is 1. The van der Waals surface area contributed by atoms with Gasteiger partial charge < -0.3 is 19.7 Å². The van der Waals surface area contributed by atoms with Crippen LogP contribution in [0.15, 0.2) is 36.8 Å². The van der Waals surface area contributed by atoms with E-state index in [1.165, 1.54) is 0 Å². The number of nitrogens with zero attached hydrogens (tertiary/aromatic N) is 4. The van der Waals surface area contributed by atoms with Gasteiger partial charge in [0, 0.05) is 44.6 Å². The summed E-state index contributed by atoms with van der Waals surface area (Å²) in [5.41, 5.74) is 0.636. The highest BCUT2D eigenvalue weighted by atomic mass is 16.5. The van der Waals surface area contributed by atoms with Crippen molar-refractivity contribution in [2.24, 2.45) is 11.8 Å². The van der Waals surface area contributed by atoms with Gasteiger partial charge in [0.05, 0.1) is 31.5 Å². The van der Waals surface area contributed by atoms with Crippen molar-refractivity contribution < 1.29 is 14.3 Å². The smallest absolute Gasteiger partial charge is 0.229 e. The maximum atomic E-state index is 12.7. The fourth-order valence-corrected chi connectivity index (χ4v) is 2.98. The van der Waals surface area contributed by atoms with E-state index in [2.05, 4.69) is 20.3 Å². The van der Waals surface area contributed by atoms with E-state index < -0.39 is 0 Å². The summed E-state index contributed by atoms with van der Waals surface area (Å²) in [5, 5.41) is 2.92. The second-order valence-electron chi connectivity index (χ2n) is 5.85. The summed E-state index contributed by atoms with van der Waals surface area (Å²) >= 11 is 0. The lowest BCUT2D eigenvalue weighted by molar-refractivity contribution is -0.120. The van der Waals surface area contributed by atoms with Crippen LogP contribution in [0.2, 0.25) is 0 Å². The van der Waals surface area contributed by atoms with Crippen LogP contribution < -0.4 is 15.0 Å². The van der Waals surface area contributed by atoms with Gasteiger partial charge in [-0.05, 0) is 12.1 Å². The van der Waals surface area contributed by atoms with Crippen molar-refractivity contribution >= 4 is 17.5 Å². The molecule has 0 radical (unpaired) electrons. The van der Waals surface area contributed by atoms with Crippen LogP contribution in [0.4, 0.5) is 11.6 Å². The molecule has 0 saturated carbocycles. The third kappa shape index (κ3) is 4.03. The summed E-state index contributed by atoms with van der Waals surface area (Å²) in [6, 6.07) is 5.25. The second kappa shape index (κ2) is 7.89. The molecule has 25 heavy (non-hydrogen) atoms. The van der Waals surface area contributed by atoms with E-state index in [9.17, 15) is 4.79 Å². The van der Waals surface area contributed by atoms with Gasteiger partial charge in [0.25, 0.3) is 0 Å². The summed E-state index contributed by atoms with van der Waals surface area (Å²) in [4.78, 5) is 27.4. The van der Waals surface area contributed by atoms with Crippen molar-refractivity contribution in [3.8, 4) is 5.88 Å². The van der Waals surface area contributed by atoms with Crippen LogP contribution in [0, 0.1) is 11.8 Å². The molecule has 2 aromatic rings. The number of rotatable bonds is 6. The number of hydrogen-bond acceptors (Lipinski definition) is 7. The first-order chi connectivity index (χ1) is 12.2. The molecule has 0 unspecified atom stereocenters. The predicted molar refractivity (Wildman–Crippen MR) is 92.5 cm³/mol. The Balaban J connectivity index is 1.70. The number of aromatic nitrogens is 3. The van der Waals surface area contributed by atoms with Crippen molar-refractivity contribution in [1.29, 1.82) is 0 Å². The first-order valence-corrected chi connectivity index (χ1v) is 8.03. The quantitative estimate of drug-likeness (QED) is 0.843. The van der Waals surface area contributed by atoms with Gasteiger partial charge in [0.2, 0.25) is 17.7 Å². The van der Waals surface area contributed by atoms with Crippen LogP contribution in [0.1, 0.15) is 0 Å². The summed E-state index contributed by atoms with van der Waals surface area (Å²) in [6.45, 7) is 1.73.